The van der Waals surface area contributed by atoms with Gasteiger partial charge in [0.1, 0.15) is 11.5 Å². The second-order valence-electron chi connectivity index (χ2n) is 5.50. The van der Waals surface area contributed by atoms with Crippen LogP contribution in [0.4, 0.5) is 5.69 Å². The van der Waals surface area contributed by atoms with Gasteiger partial charge in [-0.25, -0.2) is 0 Å². The highest BCUT2D eigenvalue weighted by Crippen LogP contribution is 2.29. The summed E-state index contributed by atoms with van der Waals surface area (Å²) in [5.74, 6) is 1.25. The molecule has 0 saturated heterocycles. The molecule has 1 atom stereocenters. The first-order chi connectivity index (χ1) is 10.0. The van der Waals surface area contributed by atoms with Crippen LogP contribution in [0.15, 0.2) is 36.4 Å². The highest BCUT2D eigenvalue weighted by atomic mass is 16.5. The molecule has 3 nitrogen and oxygen atoms in total. The van der Waals surface area contributed by atoms with Gasteiger partial charge in [0.05, 0.1) is 7.11 Å². The zero-order valence-corrected chi connectivity index (χ0v) is 13.1. The van der Waals surface area contributed by atoms with E-state index in [1.54, 1.807) is 19.2 Å². The molecule has 112 valence electrons. The highest BCUT2D eigenvalue weighted by molar-refractivity contribution is 5.60. The molecule has 21 heavy (non-hydrogen) atoms. The molecule has 3 heteroatoms. The Kier molecular flexibility index (Phi) is 4.73. The normalized spacial score (nSPS) is 12.0. The first-order valence-corrected chi connectivity index (χ1v) is 7.20. The minimum atomic E-state index is 0.292. The summed E-state index contributed by atoms with van der Waals surface area (Å²) in [6, 6.07) is 11.8. The third kappa shape index (κ3) is 3.69. The number of ether oxygens (including phenoxy) is 1. The van der Waals surface area contributed by atoms with Gasteiger partial charge in [-0.2, -0.15) is 0 Å². The van der Waals surface area contributed by atoms with Gasteiger partial charge < -0.3 is 15.2 Å². The molecule has 2 aromatic rings. The maximum absolute atomic E-state index is 9.32. The summed E-state index contributed by atoms with van der Waals surface area (Å²) >= 11 is 0. The van der Waals surface area contributed by atoms with Crippen LogP contribution in [0.5, 0.6) is 11.5 Å². The van der Waals surface area contributed by atoms with E-state index in [0.29, 0.717) is 11.8 Å². The molecule has 0 bridgehead atoms. The maximum Gasteiger partial charge on any atom is 0.126 e. The summed E-state index contributed by atoms with van der Waals surface area (Å²) in [7, 11) is 1.71. The molecule has 2 rings (SSSR count). The smallest absolute Gasteiger partial charge is 0.126 e. The number of phenols is 1. The monoisotopic (exact) mass is 285 g/mol. The Morgan fingerprint density at radius 2 is 1.76 bits per heavy atom. The van der Waals surface area contributed by atoms with Gasteiger partial charge in [0.2, 0.25) is 0 Å². The van der Waals surface area contributed by atoms with E-state index in [9.17, 15) is 5.11 Å². The number of hydrogen-bond donors (Lipinski definition) is 2. The molecular formula is C18H23NO2. The van der Waals surface area contributed by atoms with E-state index in [-0.39, 0.29) is 0 Å². The summed E-state index contributed by atoms with van der Waals surface area (Å²) in [5.41, 5.74) is 4.58. The average molecular weight is 285 g/mol. The Morgan fingerprint density at radius 1 is 1.10 bits per heavy atom. The number of anilines is 1. The lowest BCUT2D eigenvalue weighted by molar-refractivity contribution is 0.409. The largest absolute Gasteiger partial charge is 0.508 e. The van der Waals surface area contributed by atoms with Gasteiger partial charge in [-0.05, 0) is 56.5 Å². The van der Waals surface area contributed by atoms with Gasteiger partial charge in [0.25, 0.3) is 0 Å². The lowest BCUT2D eigenvalue weighted by atomic mass is 10.0. The molecule has 1 unspecified atom stereocenters. The van der Waals surface area contributed by atoms with Crippen LogP contribution in [-0.2, 0) is 6.42 Å². The van der Waals surface area contributed by atoms with Crippen LogP contribution in [0, 0.1) is 13.8 Å². The second kappa shape index (κ2) is 6.53. The van der Waals surface area contributed by atoms with Gasteiger partial charge in [0.15, 0.2) is 0 Å². The topological polar surface area (TPSA) is 41.5 Å². The van der Waals surface area contributed by atoms with Gasteiger partial charge in [-0.15, -0.1) is 0 Å². The minimum Gasteiger partial charge on any atom is -0.508 e. The fourth-order valence-electron chi connectivity index (χ4n) is 2.60. The predicted octanol–water partition coefficient (Wildman–Crippen LogP) is 4.06. The van der Waals surface area contributed by atoms with Crippen molar-refractivity contribution < 1.29 is 9.84 Å². The molecule has 2 N–H and O–H groups in total. The molecule has 0 amide bonds. The fourth-order valence-corrected chi connectivity index (χ4v) is 2.60. The second-order valence-corrected chi connectivity index (χ2v) is 5.50. The van der Waals surface area contributed by atoms with Gasteiger partial charge >= 0.3 is 0 Å². The maximum atomic E-state index is 9.32. The number of hydrogen-bond acceptors (Lipinski definition) is 3. The molecule has 0 aliphatic rings. The van der Waals surface area contributed by atoms with E-state index in [0.717, 1.165) is 29.0 Å². The number of rotatable bonds is 5. The Balaban J connectivity index is 2.09. The summed E-state index contributed by atoms with van der Waals surface area (Å²) < 4.78 is 5.46. The zero-order chi connectivity index (χ0) is 15.4. The summed E-state index contributed by atoms with van der Waals surface area (Å²) in [6.45, 7) is 6.27. The van der Waals surface area contributed by atoms with E-state index >= 15 is 0 Å². The van der Waals surface area contributed by atoms with Crippen LogP contribution >= 0.6 is 0 Å². The van der Waals surface area contributed by atoms with Crippen molar-refractivity contribution in [2.24, 2.45) is 0 Å². The van der Waals surface area contributed by atoms with Gasteiger partial charge in [-0.3, -0.25) is 0 Å². The van der Waals surface area contributed by atoms with Crippen molar-refractivity contribution >= 4 is 5.69 Å². The Bertz CT molecular complexity index is 605. The van der Waals surface area contributed by atoms with Gasteiger partial charge in [0, 0.05) is 17.3 Å². The number of benzene rings is 2. The lowest BCUT2D eigenvalue weighted by Crippen LogP contribution is -2.18. The van der Waals surface area contributed by atoms with Crippen molar-refractivity contribution in [1.29, 1.82) is 0 Å². The molecule has 0 fully saturated rings. The molecule has 0 saturated carbocycles. The average Bonchev–Trinajstić information content (AvgIpc) is 2.45. The predicted molar refractivity (Wildman–Crippen MR) is 87.4 cm³/mol. The molecule has 0 heterocycles. The molecular weight excluding hydrogens is 262 g/mol. The van der Waals surface area contributed by atoms with Crippen molar-refractivity contribution in [3.8, 4) is 11.5 Å². The number of methoxy groups -OCH3 is 1. The molecule has 0 spiro atoms. The van der Waals surface area contributed by atoms with Crippen LogP contribution in [-0.4, -0.2) is 18.3 Å². The van der Waals surface area contributed by atoms with Crippen molar-refractivity contribution in [2.75, 3.05) is 12.4 Å². The number of nitrogens with one attached hydrogen (secondary N) is 1. The highest BCUT2D eigenvalue weighted by Gasteiger charge is 2.10. The molecule has 0 radical (unpaired) electrons. The van der Waals surface area contributed by atoms with Crippen molar-refractivity contribution in [2.45, 2.75) is 33.2 Å². The number of aryl methyl sites for hydroxylation is 1. The molecule has 2 aromatic carbocycles. The van der Waals surface area contributed by atoms with Crippen LogP contribution in [0.3, 0.4) is 0 Å². The standard InChI is InChI=1S/C18H23NO2/c1-12-5-10-17(14(3)18(12)21-4)19-13(2)11-15-6-8-16(20)9-7-15/h5-10,13,19-20H,11H2,1-4H3. The zero-order valence-electron chi connectivity index (χ0n) is 13.1. The Labute approximate surface area is 126 Å². The van der Waals surface area contributed by atoms with Crippen molar-refractivity contribution in [3.05, 3.63) is 53.1 Å². The Morgan fingerprint density at radius 3 is 2.38 bits per heavy atom. The SMILES string of the molecule is COc1c(C)ccc(NC(C)Cc2ccc(O)cc2)c1C. The first kappa shape index (κ1) is 15.2. The number of phenolic OH excluding ortho intramolecular Hbond substituents is 1. The van der Waals surface area contributed by atoms with Crippen molar-refractivity contribution in [1.82, 2.24) is 0 Å². The summed E-state index contributed by atoms with van der Waals surface area (Å²) in [5, 5.41) is 12.8. The molecule has 0 aromatic heterocycles. The van der Waals surface area contributed by atoms with E-state index in [2.05, 4.69) is 38.2 Å². The van der Waals surface area contributed by atoms with Crippen LogP contribution < -0.4 is 10.1 Å². The third-order valence-electron chi connectivity index (χ3n) is 3.69. The lowest BCUT2D eigenvalue weighted by Gasteiger charge is -2.19. The molecule has 0 aliphatic heterocycles. The summed E-state index contributed by atoms with van der Waals surface area (Å²) in [6.07, 6.45) is 0.899. The van der Waals surface area contributed by atoms with Gasteiger partial charge in [-0.1, -0.05) is 18.2 Å². The summed E-state index contributed by atoms with van der Waals surface area (Å²) in [4.78, 5) is 0. The van der Waals surface area contributed by atoms with E-state index < -0.39 is 0 Å². The molecule has 0 aliphatic carbocycles. The van der Waals surface area contributed by atoms with Crippen LogP contribution in [0.2, 0.25) is 0 Å². The van der Waals surface area contributed by atoms with E-state index in [1.807, 2.05) is 12.1 Å². The van der Waals surface area contributed by atoms with E-state index in [4.69, 9.17) is 4.74 Å². The third-order valence-corrected chi connectivity index (χ3v) is 3.69. The number of aromatic hydroxyl groups is 1. The van der Waals surface area contributed by atoms with Crippen LogP contribution in [0.25, 0.3) is 0 Å². The fraction of sp³-hybridized carbons (Fsp3) is 0.333. The quantitative estimate of drug-likeness (QED) is 0.870. The first-order valence-electron chi connectivity index (χ1n) is 7.20. The van der Waals surface area contributed by atoms with Crippen molar-refractivity contribution in [3.63, 3.8) is 0 Å². The minimum absolute atomic E-state index is 0.292. The Hall–Kier alpha value is -2.16. The van der Waals surface area contributed by atoms with E-state index in [1.165, 1.54) is 5.56 Å². The van der Waals surface area contributed by atoms with Crippen LogP contribution in [0.1, 0.15) is 23.6 Å².